The maximum absolute atomic E-state index is 13.2. The van der Waals surface area contributed by atoms with Gasteiger partial charge in [0.1, 0.15) is 11.6 Å². The molecule has 10 nitrogen and oxygen atoms in total. The second kappa shape index (κ2) is 9.09. The molecule has 0 unspecified atom stereocenters. The van der Waals surface area contributed by atoms with E-state index in [1.807, 2.05) is 0 Å². The van der Waals surface area contributed by atoms with Crippen molar-refractivity contribution < 1.29 is 28.7 Å². The predicted molar refractivity (Wildman–Crippen MR) is 110 cm³/mol. The molecular weight excluding hydrogens is 406 g/mol. The molecule has 0 bridgehead atoms. The summed E-state index contributed by atoms with van der Waals surface area (Å²) in [5.74, 6) is -3.73. The second-order valence-corrected chi connectivity index (χ2v) is 7.34. The summed E-state index contributed by atoms with van der Waals surface area (Å²) in [5.41, 5.74) is 6.62. The van der Waals surface area contributed by atoms with Crippen LogP contribution in [0.4, 0.5) is 5.69 Å². The number of nitrogens with two attached hydrogens (primary N) is 1. The number of carbonyl (C=O) groups excluding carboxylic acids is 3. The SMILES string of the molecule is Cc1cc(=O)oc2cc(N3CCC[C@H]3C(=O)N(C(=O)CN)C(=O)CCC(=O)O)ccc12. The van der Waals surface area contributed by atoms with Crippen molar-refractivity contribution in [2.24, 2.45) is 5.73 Å². The number of imide groups is 3. The number of carboxylic acids is 1. The molecule has 0 saturated carbocycles. The first-order chi connectivity index (χ1) is 14.7. The van der Waals surface area contributed by atoms with Crippen molar-refractivity contribution in [3.8, 4) is 0 Å². The molecule has 0 spiro atoms. The second-order valence-electron chi connectivity index (χ2n) is 7.34. The van der Waals surface area contributed by atoms with Crippen LogP contribution in [0.5, 0.6) is 0 Å². The largest absolute Gasteiger partial charge is 0.481 e. The number of aryl methyl sites for hydroxylation is 1. The highest BCUT2D eigenvalue weighted by molar-refractivity contribution is 6.13. The zero-order valence-electron chi connectivity index (χ0n) is 17.0. The Bertz CT molecular complexity index is 1110. The van der Waals surface area contributed by atoms with Gasteiger partial charge in [-0.2, -0.15) is 0 Å². The first kappa shape index (κ1) is 22.2. The summed E-state index contributed by atoms with van der Waals surface area (Å²) in [7, 11) is 0. The summed E-state index contributed by atoms with van der Waals surface area (Å²) < 4.78 is 5.28. The van der Waals surface area contributed by atoms with Crippen LogP contribution >= 0.6 is 0 Å². The van der Waals surface area contributed by atoms with E-state index in [4.69, 9.17) is 15.3 Å². The standard InChI is InChI=1S/C21H23N3O7/c1-12-9-20(29)31-16-10-13(4-5-14(12)16)23-8-2-3-15(23)21(30)24(18(26)11-22)17(25)6-7-19(27)28/h4-5,9-10,15H,2-3,6-8,11,22H2,1H3,(H,27,28)/t15-/m0/s1. The zero-order valence-corrected chi connectivity index (χ0v) is 17.0. The van der Waals surface area contributed by atoms with Crippen molar-refractivity contribution in [1.82, 2.24) is 4.90 Å². The maximum atomic E-state index is 13.2. The van der Waals surface area contributed by atoms with E-state index in [0.29, 0.717) is 35.6 Å². The third-order valence-electron chi connectivity index (χ3n) is 5.25. The Morgan fingerprint density at radius 3 is 2.61 bits per heavy atom. The Balaban J connectivity index is 1.91. The quantitative estimate of drug-likeness (QED) is 0.634. The molecule has 10 heteroatoms. The molecule has 3 rings (SSSR count). The molecule has 1 aliphatic heterocycles. The number of rotatable bonds is 6. The Morgan fingerprint density at radius 2 is 1.94 bits per heavy atom. The van der Waals surface area contributed by atoms with Crippen LogP contribution in [0.2, 0.25) is 0 Å². The van der Waals surface area contributed by atoms with Crippen molar-refractivity contribution in [3.05, 3.63) is 40.2 Å². The van der Waals surface area contributed by atoms with Gasteiger partial charge in [-0.05, 0) is 37.5 Å². The minimum Gasteiger partial charge on any atom is -0.481 e. The molecule has 1 saturated heterocycles. The van der Waals surface area contributed by atoms with E-state index < -0.39 is 54.7 Å². The fraction of sp³-hybridized carbons (Fsp3) is 0.381. The number of carboxylic acid groups (broad SMARTS) is 1. The fourth-order valence-electron chi connectivity index (χ4n) is 3.78. The molecule has 2 aromatic rings. The summed E-state index contributed by atoms with van der Waals surface area (Å²) in [5, 5.41) is 9.56. The molecule has 1 aromatic heterocycles. The molecule has 31 heavy (non-hydrogen) atoms. The van der Waals surface area contributed by atoms with Crippen LogP contribution in [0.3, 0.4) is 0 Å². The van der Waals surface area contributed by atoms with E-state index in [-0.39, 0.29) is 0 Å². The third-order valence-corrected chi connectivity index (χ3v) is 5.25. The van der Waals surface area contributed by atoms with Gasteiger partial charge in [0, 0.05) is 36.2 Å². The lowest BCUT2D eigenvalue weighted by molar-refractivity contribution is -0.155. The number of benzene rings is 1. The van der Waals surface area contributed by atoms with Crippen LogP contribution in [-0.2, 0) is 19.2 Å². The van der Waals surface area contributed by atoms with Gasteiger partial charge in [-0.1, -0.05) is 0 Å². The highest BCUT2D eigenvalue weighted by Crippen LogP contribution is 2.30. The number of hydrogen-bond acceptors (Lipinski definition) is 8. The maximum Gasteiger partial charge on any atom is 0.336 e. The summed E-state index contributed by atoms with van der Waals surface area (Å²) in [6, 6.07) is 5.80. The van der Waals surface area contributed by atoms with E-state index >= 15 is 0 Å². The normalized spacial score (nSPS) is 15.8. The molecule has 1 aliphatic rings. The van der Waals surface area contributed by atoms with E-state index in [0.717, 1.165) is 10.9 Å². The highest BCUT2D eigenvalue weighted by Gasteiger charge is 2.38. The molecule has 1 atom stereocenters. The number of amides is 3. The van der Waals surface area contributed by atoms with Gasteiger partial charge in [-0.25, -0.2) is 9.69 Å². The smallest absolute Gasteiger partial charge is 0.336 e. The molecule has 164 valence electrons. The van der Waals surface area contributed by atoms with Crippen LogP contribution in [-0.4, -0.2) is 52.8 Å². The van der Waals surface area contributed by atoms with Gasteiger partial charge in [0.15, 0.2) is 0 Å². The van der Waals surface area contributed by atoms with Gasteiger partial charge in [-0.3, -0.25) is 19.2 Å². The number of aliphatic carboxylic acids is 1. The molecule has 0 aliphatic carbocycles. The number of hydrogen-bond donors (Lipinski definition) is 2. The number of anilines is 1. The van der Waals surface area contributed by atoms with Crippen LogP contribution in [0, 0.1) is 6.92 Å². The summed E-state index contributed by atoms with van der Waals surface area (Å²) in [6.07, 6.45) is 0.0488. The Morgan fingerprint density at radius 1 is 1.19 bits per heavy atom. The molecule has 2 heterocycles. The lowest BCUT2D eigenvalue weighted by Gasteiger charge is -2.29. The Labute approximate surface area is 177 Å². The van der Waals surface area contributed by atoms with Crippen molar-refractivity contribution >= 4 is 40.3 Å². The number of nitrogens with zero attached hydrogens (tertiary/aromatic N) is 2. The minimum atomic E-state index is -1.21. The van der Waals surface area contributed by atoms with Gasteiger partial charge < -0.3 is 20.2 Å². The van der Waals surface area contributed by atoms with E-state index in [1.54, 1.807) is 30.0 Å². The third kappa shape index (κ3) is 4.64. The first-order valence-electron chi connectivity index (χ1n) is 9.85. The van der Waals surface area contributed by atoms with E-state index in [2.05, 4.69) is 0 Å². The van der Waals surface area contributed by atoms with Gasteiger partial charge in [0.05, 0.1) is 13.0 Å². The molecule has 0 radical (unpaired) electrons. The van der Waals surface area contributed by atoms with Gasteiger partial charge in [0.2, 0.25) is 11.8 Å². The van der Waals surface area contributed by atoms with E-state index in [1.165, 1.54) is 6.07 Å². The van der Waals surface area contributed by atoms with Crippen LogP contribution in [0.1, 0.15) is 31.2 Å². The fourth-order valence-corrected chi connectivity index (χ4v) is 3.78. The van der Waals surface area contributed by atoms with Crippen molar-refractivity contribution in [3.63, 3.8) is 0 Å². The van der Waals surface area contributed by atoms with E-state index in [9.17, 15) is 24.0 Å². The summed E-state index contributed by atoms with van der Waals surface area (Å²) in [6.45, 7) is 1.73. The molecule has 3 amide bonds. The van der Waals surface area contributed by atoms with Crippen molar-refractivity contribution in [2.75, 3.05) is 18.0 Å². The topological polar surface area (TPSA) is 151 Å². The lowest BCUT2D eigenvalue weighted by Crippen LogP contribution is -2.52. The van der Waals surface area contributed by atoms with Crippen molar-refractivity contribution in [1.29, 1.82) is 0 Å². The van der Waals surface area contributed by atoms with Gasteiger partial charge in [-0.15, -0.1) is 0 Å². The summed E-state index contributed by atoms with van der Waals surface area (Å²) >= 11 is 0. The van der Waals surface area contributed by atoms with Gasteiger partial charge >= 0.3 is 11.6 Å². The van der Waals surface area contributed by atoms with Crippen LogP contribution in [0.15, 0.2) is 33.5 Å². The first-order valence-corrected chi connectivity index (χ1v) is 9.85. The average Bonchev–Trinajstić information content (AvgIpc) is 3.21. The monoisotopic (exact) mass is 429 g/mol. The number of fused-ring (bicyclic) bond motifs is 1. The molecule has 1 fully saturated rings. The average molecular weight is 429 g/mol. The zero-order chi connectivity index (χ0) is 22.7. The molecule has 3 N–H and O–H groups in total. The Hall–Kier alpha value is -3.53. The molecular formula is C21H23N3O7. The van der Waals surface area contributed by atoms with Crippen LogP contribution in [0.25, 0.3) is 11.0 Å². The predicted octanol–water partition coefficient (Wildman–Crippen LogP) is 0.776. The van der Waals surface area contributed by atoms with Gasteiger partial charge in [0.25, 0.3) is 5.91 Å². The molecule has 1 aromatic carbocycles. The Kier molecular flexibility index (Phi) is 6.50. The minimum absolute atomic E-state index is 0.369. The highest BCUT2D eigenvalue weighted by atomic mass is 16.4. The van der Waals surface area contributed by atoms with Crippen LogP contribution < -0.4 is 16.3 Å². The number of carbonyl (C=O) groups is 4. The lowest BCUT2D eigenvalue weighted by atomic mass is 10.1. The summed E-state index contributed by atoms with van der Waals surface area (Å²) in [4.78, 5) is 62.5. The van der Waals surface area contributed by atoms with Crippen molar-refractivity contribution in [2.45, 2.75) is 38.6 Å².